The smallest absolute Gasteiger partial charge is 0.159 e. The molecule has 0 radical (unpaired) electrons. The molecule has 0 aromatic heterocycles. The Balaban J connectivity index is 1.38. The molecule has 1 heterocycles. The molecule has 4 aliphatic carbocycles. The first-order valence-electron chi connectivity index (χ1n) is 16.2. The predicted octanol–water partition coefficient (Wildman–Crippen LogP) is 2.40. The van der Waals surface area contributed by atoms with Crippen molar-refractivity contribution < 1.29 is 44.5 Å². The van der Waals surface area contributed by atoms with Gasteiger partial charge in [0, 0.05) is 44.2 Å². The highest BCUT2D eigenvalue weighted by molar-refractivity contribution is 5.95. The van der Waals surface area contributed by atoms with Gasteiger partial charge >= 0.3 is 0 Å². The van der Waals surface area contributed by atoms with Crippen molar-refractivity contribution in [2.75, 3.05) is 33.5 Å². The fourth-order valence-electron chi connectivity index (χ4n) is 10.2. The van der Waals surface area contributed by atoms with Crippen molar-refractivity contribution in [3.05, 3.63) is 11.6 Å². The largest absolute Gasteiger partial charge is 0.396 e. The third-order valence-corrected chi connectivity index (χ3v) is 12.9. The molecule has 5 aliphatic rings. The van der Waals surface area contributed by atoms with Gasteiger partial charge in [0.2, 0.25) is 0 Å². The Labute approximate surface area is 250 Å². The Hall–Kier alpha value is -0.910. The van der Waals surface area contributed by atoms with Gasteiger partial charge in [-0.05, 0) is 93.1 Å². The van der Waals surface area contributed by atoms with Crippen LogP contribution in [0.5, 0.6) is 0 Å². The van der Waals surface area contributed by atoms with Crippen molar-refractivity contribution in [2.24, 2.45) is 40.4 Å². The van der Waals surface area contributed by atoms with Gasteiger partial charge in [0.05, 0.1) is 36.1 Å². The van der Waals surface area contributed by atoms with Gasteiger partial charge in [-0.1, -0.05) is 20.8 Å². The summed E-state index contributed by atoms with van der Waals surface area (Å²) in [5.74, 6) is -1.07. The number of carbonyl (C=O) groups excluding carboxylic acids is 1. The van der Waals surface area contributed by atoms with E-state index in [4.69, 9.17) is 14.2 Å². The summed E-state index contributed by atoms with van der Waals surface area (Å²) in [6.45, 7) is 8.54. The molecule has 9 nitrogen and oxygen atoms in total. The van der Waals surface area contributed by atoms with E-state index in [1.807, 2.05) is 13.8 Å². The lowest BCUT2D eigenvalue weighted by Gasteiger charge is -2.60. The molecule has 240 valence electrons. The first-order valence-corrected chi connectivity index (χ1v) is 16.2. The van der Waals surface area contributed by atoms with Crippen molar-refractivity contribution in [1.29, 1.82) is 0 Å². The van der Waals surface area contributed by atoms with E-state index >= 15 is 0 Å². The van der Waals surface area contributed by atoms with E-state index in [0.717, 1.165) is 31.3 Å². The molecule has 1 saturated heterocycles. The van der Waals surface area contributed by atoms with Gasteiger partial charge < -0.3 is 39.7 Å². The Morgan fingerprint density at radius 1 is 1.10 bits per heavy atom. The molecular weight excluding hydrogens is 540 g/mol. The molecule has 0 amide bonds. The van der Waals surface area contributed by atoms with Crippen LogP contribution in [0, 0.1) is 40.4 Å². The van der Waals surface area contributed by atoms with Crippen LogP contribution in [-0.2, 0) is 19.0 Å². The van der Waals surface area contributed by atoms with Crippen LogP contribution < -0.4 is 0 Å². The quantitative estimate of drug-likeness (QED) is 0.241. The zero-order valence-corrected chi connectivity index (χ0v) is 26.1. The average molecular weight is 595 g/mol. The zero-order valence-electron chi connectivity index (χ0n) is 26.1. The number of aliphatic hydroxyl groups is 5. The minimum absolute atomic E-state index is 0.0527. The summed E-state index contributed by atoms with van der Waals surface area (Å²) in [5, 5.41) is 56.1. The van der Waals surface area contributed by atoms with Crippen molar-refractivity contribution >= 4 is 5.78 Å². The van der Waals surface area contributed by atoms with Crippen molar-refractivity contribution in [1.82, 2.24) is 0 Å². The number of ether oxygens (including phenoxy) is 3. The van der Waals surface area contributed by atoms with Crippen LogP contribution in [0.15, 0.2) is 11.6 Å². The average Bonchev–Trinajstić information content (AvgIpc) is 3.44. The standard InChI is InChI=1S/C33H54O9/c1-19-21(17-34)28(42-26(19)18-35)29(37)32(4,38)27-9-12-33(39)23-16-25(36)24-15-20(41-14-6-13-40-5)7-10-30(24,2)22(23)8-11-31(27,33)3/h16,19-22,24,26-29,34-35,37-39H,6-15,17-18H2,1-5H3. The molecule has 5 rings (SSSR count). The normalized spacial score (nSPS) is 47.3. The van der Waals surface area contributed by atoms with E-state index in [-0.39, 0.29) is 48.3 Å². The van der Waals surface area contributed by atoms with Crippen LogP contribution in [0.4, 0.5) is 0 Å². The maximum Gasteiger partial charge on any atom is 0.159 e. The lowest BCUT2D eigenvalue weighted by Crippen LogP contribution is -2.63. The number of rotatable bonds is 10. The first kappa shape index (κ1) is 32.5. The molecule has 42 heavy (non-hydrogen) atoms. The molecule has 0 aromatic carbocycles. The maximum atomic E-state index is 13.8. The van der Waals surface area contributed by atoms with Gasteiger partial charge in [-0.25, -0.2) is 0 Å². The van der Waals surface area contributed by atoms with Crippen LogP contribution >= 0.6 is 0 Å². The van der Waals surface area contributed by atoms with Crippen LogP contribution in [0.25, 0.3) is 0 Å². The molecule has 0 spiro atoms. The third-order valence-electron chi connectivity index (χ3n) is 12.9. The van der Waals surface area contributed by atoms with E-state index in [9.17, 15) is 30.3 Å². The molecule has 13 atom stereocenters. The van der Waals surface area contributed by atoms with Gasteiger partial charge in [-0.15, -0.1) is 0 Å². The van der Waals surface area contributed by atoms with Crippen molar-refractivity contribution in [3.63, 3.8) is 0 Å². The van der Waals surface area contributed by atoms with E-state index < -0.39 is 46.8 Å². The van der Waals surface area contributed by atoms with Crippen LogP contribution in [-0.4, -0.2) is 100 Å². The molecule has 13 unspecified atom stereocenters. The molecule has 5 N–H and O–H groups in total. The first-order chi connectivity index (χ1) is 19.8. The number of hydrogen-bond donors (Lipinski definition) is 5. The van der Waals surface area contributed by atoms with E-state index in [1.165, 1.54) is 0 Å². The highest BCUT2D eigenvalue weighted by Gasteiger charge is 2.69. The van der Waals surface area contributed by atoms with Gasteiger partial charge in [0.25, 0.3) is 0 Å². The number of allylic oxidation sites excluding steroid dienone is 1. The second-order valence-electron chi connectivity index (χ2n) is 14.8. The van der Waals surface area contributed by atoms with Crippen molar-refractivity contribution in [3.8, 4) is 0 Å². The van der Waals surface area contributed by atoms with Crippen LogP contribution in [0.3, 0.4) is 0 Å². The summed E-state index contributed by atoms with van der Waals surface area (Å²) < 4.78 is 17.2. The van der Waals surface area contributed by atoms with Crippen molar-refractivity contribution in [2.45, 2.75) is 115 Å². The molecule has 3 saturated carbocycles. The summed E-state index contributed by atoms with van der Waals surface area (Å²) >= 11 is 0. The second kappa shape index (κ2) is 11.8. The number of aliphatic hydroxyl groups excluding tert-OH is 3. The third kappa shape index (κ3) is 4.85. The molecule has 1 aliphatic heterocycles. The van der Waals surface area contributed by atoms with Crippen LogP contribution in [0.2, 0.25) is 0 Å². The minimum Gasteiger partial charge on any atom is -0.396 e. The Morgan fingerprint density at radius 3 is 2.50 bits per heavy atom. The summed E-state index contributed by atoms with van der Waals surface area (Å²) in [6.07, 6.45) is 4.72. The number of fused-ring (bicyclic) bond motifs is 5. The molecule has 4 fully saturated rings. The lowest BCUT2D eigenvalue weighted by atomic mass is 9.46. The number of ketones is 1. The molecule has 0 bridgehead atoms. The van der Waals surface area contributed by atoms with Gasteiger partial charge in [-0.2, -0.15) is 0 Å². The van der Waals surface area contributed by atoms with Crippen LogP contribution in [0.1, 0.15) is 79.1 Å². The number of hydrogen-bond acceptors (Lipinski definition) is 9. The summed E-state index contributed by atoms with van der Waals surface area (Å²) in [7, 11) is 1.68. The van der Waals surface area contributed by atoms with E-state index in [0.29, 0.717) is 38.9 Å². The highest BCUT2D eigenvalue weighted by Crippen LogP contribution is 2.68. The highest BCUT2D eigenvalue weighted by atomic mass is 16.5. The fraction of sp³-hybridized carbons (Fsp3) is 0.909. The lowest BCUT2D eigenvalue weighted by molar-refractivity contribution is -0.199. The number of carbonyl (C=O) groups is 1. The monoisotopic (exact) mass is 594 g/mol. The Morgan fingerprint density at radius 2 is 1.83 bits per heavy atom. The van der Waals surface area contributed by atoms with Gasteiger partial charge in [0.15, 0.2) is 5.78 Å². The molecule has 0 aromatic rings. The zero-order chi connectivity index (χ0) is 30.7. The summed E-state index contributed by atoms with van der Waals surface area (Å²) in [5.41, 5.74) is -3.11. The minimum atomic E-state index is -1.63. The number of methoxy groups -OCH3 is 1. The SMILES string of the molecule is COCCCOC1CCC2(C)C(C1)C(=O)C=C1C2CCC2(C)C(C(C)(O)C(O)C3OC(CO)C(C)C3CO)CCC12O. The molecular formula is C33H54O9. The Kier molecular flexibility index (Phi) is 9.12. The second-order valence-corrected chi connectivity index (χ2v) is 14.8. The molecule has 9 heteroatoms. The predicted molar refractivity (Wildman–Crippen MR) is 155 cm³/mol. The maximum absolute atomic E-state index is 13.8. The van der Waals surface area contributed by atoms with Gasteiger partial charge in [-0.3, -0.25) is 4.79 Å². The Bertz CT molecular complexity index is 1030. The van der Waals surface area contributed by atoms with E-state index in [1.54, 1.807) is 20.1 Å². The van der Waals surface area contributed by atoms with E-state index in [2.05, 4.69) is 6.92 Å². The fourth-order valence-corrected chi connectivity index (χ4v) is 10.2. The van der Waals surface area contributed by atoms with Gasteiger partial charge in [0.1, 0.15) is 6.10 Å². The summed E-state index contributed by atoms with van der Waals surface area (Å²) in [4.78, 5) is 13.8. The topological polar surface area (TPSA) is 146 Å². The summed E-state index contributed by atoms with van der Waals surface area (Å²) in [6, 6.07) is 0.